The van der Waals surface area contributed by atoms with E-state index in [0.717, 1.165) is 18.7 Å². The zero-order valence-corrected chi connectivity index (χ0v) is 13.5. The SMILES string of the molecule is CCCCCCCCCCCC(N)Cc1nccn1C. The number of aromatic nitrogens is 2. The van der Waals surface area contributed by atoms with Crippen LogP contribution in [-0.4, -0.2) is 15.6 Å². The summed E-state index contributed by atoms with van der Waals surface area (Å²) in [5.41, 5.74) is 6.18. The van der Waals surface area contributed by atoms with Gasteiger partial charge in [-0.05, 0) is 6.42 Å². The average molecular weight is 279 g/mol. The zero-order chi connectivity index (χ0) is 14.6. The molecule has 1 atom stereocenters. The predicted octanol–water partition coefficient (Wildman–Crippen LogP) is 4.21. The van der Waals surface area contributed by atoms with Crippen molar-refractivity contribution in [1.82, 2.24) is 9.55 Å². The third kappa shape index (κ3) is 7.68. The summed E-state index contributed by atoms with van der Waals surface area (Å²) in [5, 5.41) is 0. The Hall–Kier alpha value is -0.830. The maximum atomic E-state index is 6.18. The van der Waals surface area contributed by atoms with Crippen LogP contribution in [0.2, 0.25) is 0 Å². The van der Waals surface area contributed by atoms with E-state index in [4.69, 9.17) is 5.73 Å². The molecule has 0 radical (unpaired) electrons. The summed E-state index contributed by atoms with van der Waals surface area (Å²) >= 11 is 0. The van der Waals surface area contributed by atoms with Crippen LogP contribution in [0.1, 0.15) is 77.0 Å². The first-order valence-corrected chi connectivity index (χ1v) is 8.45. The normalized spacial score (nSPS) is 12.8. The molecule has 0 aliphatic carbocycles. The standard InChI is InChI=1S/C17H33N3/c1-3-4-5-6-7-8-9-10-11-12-16(18)15-17-19-13-14-20(17)2/h13-14,16H,3-12,15,18H2,1-2H3. The van der Waals surface area contributed by atoms with Gasteiger partial charge in [-0.1, -0.05) is 64.7 Å². The quantitative estimate of drug-likeness (QED) is 0.582. The minimum atomic E-state index is 0.264. The van der Waals surface area contributed by atoms with Gasteiger partial charge in [0.05, 0.1) is 0 Å². The molecule has 3 nitrogen and oxygen atoms in total. The van der Waals surface area contributed by atoms with E-state index in [1.807, 2.05) is 19.4 Å². The number of hydrogen-bond acceptors (Lipinski definition) is 2. The van der Waals surface area contributed by atoms with Crippen molar-refractivity contribution < 1.29 is 0 Å². The number of nitrogens with zero attached hydrogens (tertiary/aromatic N) is 2. The van der Waals surface area contributed by atoms with Gasteiger partial charge in [0.25, 0.3) is 0 Å². The second-order valence-corrected chi connectivity index (χ2v) is 6.04. The van der Waals surface area contributed by atoms with Crippen molar-refractivity contribution in [3.05, 3.63) is 18.2 Å². The van der Waals surface area contributed by atoms with E-state index in [-0.39, 0.29) is 6.04 Å². The van der Waals surface area contributed by atoms with Gasteiger partial charge in [0.1, 0.15) is 5.82 Å². The van der Waals surface area contributed by atoms with Crippen LogP contribution in [0.15, 0.2) is 12.4 Å². The molecule has 0 aliphatic rings. The van der Waals surface area contributed by atoms with Gasteiger partial charge in [-0.3, -0.25) is 0 Å². The fraction of sp³-hybridized carbons (Fsp3) is 0.824. The average Bonchev–Trinajstić information content (AvgIpc) is 2.82. The summed E-state index contributed by atoms with van der Waals surface area (Å²) in [6, 6.07) is 0.264. The smallest absolute Gasteiger partial charge is 0.109 e. The summed E-state index contributed by atoms with van der Waals surface area (Å²) in [7, 11) is 2.04. The van der Waals surface area contributed by atoms with Crippen molar-refractivity contribution in [3.63, 3.8) is 0 Å². The Balaban J connectivity index is 1.92. The maximum Gasteiger partial charge on any atom is 0.109 e. The molecule has 20 heavy (non-hydrogen) atoms. The lowest BCUT2D eigenvalue weighted by Crippen LogP contribution is -2.24. The molecule has 116 valence electrons. The van der Waals surface area contributed by atoms with Crippen LogP contribution in [0.4, 0.5) is 0 Å². The molecule has 0 aromatic carbocycles. The number of nitrogens with two attached hydrogens (primary N) is 1. The van der Waals surface area contributed by atoms with E-state index in [1.54, 1.807) is 0 Å². The Morgan fingerprint density at radius 1 is 1.05 bits per heavy atom. The topological polar surface area (TPSA) is 43.8 Å². The minimum absolute atomic E-state index is 0.264. The molecule has 0 aliphatic heterocycles. The summed E-state index contributed by atoms with van der Waals surface area (Å²) in [5.74, 6) is 1.11. The van der Waals surface area contributed by atoms with Gasteiger partial charge in [0, 0.05) is 31.9 Å². The zero-order valence-electron chi connectivity index (χ0n) is 13.5. The first-order valence-electron chi connectivity index (χ1n) is 8.45. The van der Waals surface area contributed by atoms with Crippen molar-refractivity contribution in [2.24, 2.45) is 12.8 Å². The molecular formula is C17H33N3. The molecule has 0 fully saturated rings. The largest absolute Gasteiger partial charge is 0.338 e. The lowest BCUT2D eigenvalue weighted by molar-refractivity contribution is 0.513. The summed E-state index contributed by atoms with van der Waals surface area (Å²) in [4.78, 5) is 4.33. The molecule has 1 aromatic rings. The number of aryl methyl sites for hydroxylation is 1. The first-order chi connectivity index (χ1) is 9.74. The van der Waals surface area contributed by atoms with Gasteiger partial charge in [-0.2, -0.15) is 0 Å². The number of rotatable bonds is 12. The molecule has 0 saturated heterocycles. The van der Waals surface area contributed by atoms with Gasteiger partial charge in [0.2, 0.25) is 0 Å². The highest BCUT2D eigenvalue weighted by Gasteiger charge is 2.07. The van der Waals surface area contributed by atoms with Gasteiger partial charge in [0.15, 0.2) is 0 Å². The Kier molecular flexibility index (Phi) is 9.38. The molecular weight excluding hydrogens is 246 g/mol. The van der Waals surface area contributed by atoms with Crippen LogP contribution in [0.25, 0.3) is 0 Å². The highest BCUT2D eigenvalue weighted by atomic mass is 15.0. The fourth-order valence-corrected chi connectivity index (χ4v) is 2.65. The molecule has 0 spiro atoms. The molecule has 3 heteroatoms. The molecule has 1 heterocycles. The monoisotopic (exact) mass is 279 g/mol. The molecule has 0 saturated carbocycles. The fourth-order valence-electron chi connectivity index (χ4n) is 2.65. The van der Waals surface area contributed by atoms with Crippen LogP contribution >= 0.6 is 0 Å². The first kappa shape index (κ1) is 17.2. The number of imidazole rings is 1. The van der Waals surface area contributed by atoms with Gasteiger partial charge < -0.3 is 10.3 Å². The lowest BCUT2D eigenvalue weighted by Gasteiger charge is -2.11. The van der Waals surface area contributed by atoms with Crippen molar-refractivity contribution in [2.75, 3.05) is 0 Å². The molecule has 1 unspecified atom stereocenters. The predicted molar refractivity (Wildman–Crippen MR) is 86.7 cm³/mol. The number of hydrogen-bond donors (Lipinski definition) is 1. The van der Waals surface area contributed by atoms with Crippen molar-refractivity contribution in [3.8, 4) is 0 Å². The third-order valence-corrected chi connectivity index (χ3v) is 4.04. The highest BCUT2D eigenvalue weighted by Crippen LogP contribution is 2.12. The molecule has 1 rings (SSSR count). The molecule has 1 aromatic heterocycles. The van der Waals surface area contributed by atoms with Crippen molar-refractivity contribution in [1.29, 1.82) is 0 Å². The van der Waals surface area contributed by atoms with E-state index >= 15 is 0 Å². The Labute approximate surface area is 125 Å². The van der Waals surface area contributed by atoms with E-state index < -0.39 is 0 Å². The van der Waals surface area contributed by atoms with Gasteiger partial charge in [-0.25, -0.2) is 4.98 Å². The van der Waals surface area contributed by atoms with E-state index in [1.165, 1.54) is 57.8 Å². The van der Waals surface area contributed by atoms with Crippen LogP contribution in [0.5, 0.6) is 0 Å². The van der Waals surface area contributed by atoms with E-state index in [2.05, 4.69) is 16.5 Å². The van der Waals surface area contributed by atoms with Crippen molar-refractivity contribution in [2.45, 2.75) is 83.6 Å². The summed E-state index contributed by atoms with van der Waals surface area (Å²) in [6.07, 6.45) is 18.2. The Bertz CT molecular complexity index is 333. The van der Waals surface area contributed by atoms with E-state index in [0.29, 0.717) is 0 Å². The van der Waals surface area contributed by atoms with E-state index in [9.17, 15) is 0 Å². The second kappa shape index (κ2) is 10.9. The van der Waals surface area contributed by atoms with Crippen LogP contribution in [0, 0.1) is 0 Å². The van der Waals surface area contributed by atoms with Crippen LogP contribution < -0.4 is 5.73 Å². The Morgan fingerprint density at radius 2 is 1.65 bits per heavy atom. The summed E-state index contributed by atoms with van der Waals surface area (Å²) < 4.78 is 2.07. The van der Waals surface area contributed by atoms with Crippen LogP contribution in [-0.2, 0) is 13.5 Å². The highest BCUT2D eigenvalue weighted by molar-refractivity contribution is 4.93. The molecule has 2 N–H and O–H groups in total. The minimum Gasteiger partial charge on any atom is -0.338 e. The van der Waals surface area contributed by atoms with Crippen LogP contribution in [0.3, 0.4) is 0 Å². The lowest BCUT2D eigenvalue weighted by atomic mass is 10.0. The van der Waals surface area contributed by atoms with Gasteiger partial charge >= 0.3 is 0 Å². The maximum absolute atomic E-state index is 6.18. The third-order valence-electron chi connectivity index (χ3n) is 4.04. The molecule has 0 bridgehead atoms. The number of unbranched alkanes of at least 4 members (excludes halogenated alkanes) is 8. The second-order valence-electron chi connectivity index (χ2n) is 6.04. The Morgan fingerprint density at radius 3 is 2.20 bits per heavy atom. The molecule has 0 amide bonds. The van der Waals surface area contributed by atoms with Crippen molar-refractivity contribution >= 4 is 0 Å². The summed E-state index contributed by atoms with van der Waals surface area (Å²) in [6.45, 7) is 2.27. The van der Waals surface area contributed by atoms with Gasteiger partial charge in [-0.15, -0.1) is 0 Å².